The molecule has 0 aromatic rings. The second-order valence-electron chi connectivity index (χ2n) is 2.48. The monoisotopic (exact) mass is 184 g/mol. The Kier molecular flexibility index (Phi) is 5.31. The van der Waals surface area contributed by atoms with Gasteiger partial charge >= 0.3 is 0 Å². The molecule has 6 nitrogen and oxygen atoms in total. The SMILES string of the molecule is OCC(O)C(O)C(O)[13CH](O)[13CH2]O. The maximum atomic E-state index is 8.96. The van der Waals surface area contributed by atoms with Gasteiger partial charge < -0.3 is 30.6 Å². The minimum Gasteiger partial charge on any atom is -0.394 e. The summed E-state index contributed by atoms with van der Waals surface area (Å²) < 4.78 is 0. The quantitative estimate of drug-likeness (QED) is 0.246. The van der Waals surface area contributed by atoms with Crippen LogP contribution in [0.4, 0.5) is 0 Å². The molecule has 0 heterocycles. The molecule has 0 saturated carbocycles. The van der Waals surface area contributed by atoms with E-state index in [1.807, 2.05) is 0 Å². The number of aliphatic hydroxyl groups excluding tert-OH is 6. The highest BCUT2D eigenvalue weighted by Crippen LogP contribution is 2.03. The van der Waals surface area contributed by atoms with Crippen LogP contribution in [0.25, 0.3) is 0 Å². The van der Waals surface area contributed by atoms with E-state index in [9.17, 15) is 0 Å². The maximum Gasteiger partial charge on any atom is 0.111 e. The van der Waals surface area contributed by atoms with Crippen LogP contribution in [0.15, 0.2) is 0 Å². The summed E-state index contributed by atoms with van der Waals surface area (Å²) in [5.41, 5.74) is 0. The Labute approximate surface area is 69.3 Å². The molecule has 0 fully saturated rings. The summed E-state index contributed by atoms with van der Waals surface area (Å²) in [6.45, 7) is -1.45. The minimum atomic E-state index is -1.67. The van der Waals surface area contributed by atoms with Gasteiger partial charge in [0.15, 0.2) is 0 Å². The van der Waals surface area contributed by atoms with Crippen LogP contribution in [0.3, 0.4) is 0 Å². The van der Waals surface area contributed by atoms with Gasteiger partial charge in [0.25, 0.3) is 0 Å². The summed E-state index contributed by atoms with van der Waals surface area (Å²) in [6, 6.07) is 0. The predicted molar refractivity (Wildman–Crippen MR) is 38.2 cm³/mol. The van der Waals surface area contributed by atoms with Crippen LogP contribution in [0.5, 0.6) is 0 Å². The van der Waals surface area contributed by atoms with Gasteiger partial charge in [-0.1, -0.05) is 0 Å². The first-order chi connectivity index (χ1) is 5.54. The summed E-state index contributed by atoms with van der Waals surface area (Å²) in [7, 11) is 0. The average molecular weight is 184 g/mol. The number of rotatable bonds is 5. The Morgan fingerprint density at radius 1 is 0.667 bits per heavy atom. The predicted octanol–water partition coefficient (Wildman–Crippen LogP) is -3.59. The zero-order valence-corrected chi connectivity index (χ0v) is 6.41. The van der Waals surface area contributed by atoms with Crippen LogP contribution in [-0.2, 0) is 0 Å². The van der Waals surface area contributed by atoms with Crippen molar-refractivity contribution in [1.82, 2.24) is 0 Å². The number of aliphatic hydroxyl groups is 6. The van der Waals surface area contributed by atoms with Crippen LogP contribution in [0, 0.1) is 0 Å². The molecule has 0 aliphatic heterocycles. The number of hydrogen-bond donors (Lipinski definition) is 6. The molecule has 0 rings (SSSR count). The van der Waals surface area contributed by atoms with Gasteiger partial charge in [0.05, 0.1) is 13.2 Å². The molecule has 6 N–H and O–H groups in total. The first kappa shape index (κ1) is 11.8. The Morgan fingerprint density at radius 3 is 1.08 bits per heavy atom. The molecule has 12 heavy (non-hydrogen) atoms. The van der Waals surface area contributed by atoms with Crippen molar-refractivity contribution >= 4 is 0 Å². The summed E-state index contributed by atoms with van der Waals surface area (Å²) >= 11 is 0. The molecular formula is C6H14O6. The fraction of sp³-hybridized carbons (Fsp3) is 1.00. The average Bonchev–Trinajstić information content (AvgIpc) is 2.12. The zero-order chi connectivity index (χ0) is 9.72. The van der Waals surface area contributed by atoms with Gasteiger partial charge in [-0.15, -0.1) is 0 Å². The van der Waals surface area contributed by atoms with Gasteiger partial charge in [-0.3, -0.25) is 0 Å². The summed E-state index contributed by atoms with van der Waals surface area (Å²) in [5.74, 6) is 0. The van der Waals surface area contributed by atoms with Crippen LogP contribution >= 0.6 is 0 Å². The molecule has 0 amide bonds. The molecule has 0 bridgehead atoms. The Balaban J connectivity index is 3.99. The van der Waals surface area contributed by atoms with Gasteiger partial charge in [-0.05, 0) is 0 Å². The molecule has 74 valence electrons. The van der Waals surface area contributed by atoms with Gasteiger partial charge in [-0.25, -0.2) is 0 Å². The maximum absolute atomic E-state index is 8.96. The van der Waals surface area contributed by atoms with Crippen LogP contribution in [0.1, 0.15) is 0 Å². The van der Waals surface area contributed by atoms with Crippen molar-refractivity contribution in [2.75, 3.05) is 13.2 Å². The molecule has 4 atom stereocenters. The lowest BCUT2D eigenvalue weighted by molar-refractivity contribution is -0.123. The zero-order valence-electron chi connectivity index (χ0n) is 6.41. The molecule has 4 unspecified atom stereocenters. The molecule has 0 radical (unpaired) electrons. The van der Waals surface area contributed by atoms with E-state index < -0.39 is 37.6 Å². The molecule has 0 spiro atoms. The van der Waals surface area contributed by atoms with E-state index in [-0.39, 0.29) is 0 Å². The third-order valence-corrected chi connectivity index (χ3v) is 1.51. The van der Waals surface area contributed by atoms with Crippen LogP contribution < -0.4 is 0 Å². The molecule has 0 aromatic carbocycles. The van der Waals surface area contributed by atoms with E-state index in [0.717, 1.165) is 0 Å². The van der Waals surface area contributed by atoms with Crippen LogP contribution in [-0.4, -0.2) is 68.3 Å². The van der Waals surface area contributed by atoms with Crippen molar-refractivity contribution in [1.29, 1.82) is 0 Å². The Morgan fingerprint density at radius 2 is 0.917 bits per heavy atom. The molecule has 0 aromatic heterocycles. The third kappa shape index (κ3) is 3.02. The topological polar surface area (TPSA) is 121 Å². The van der Waals surface area contributed by atoms with Gasteiger partial charge in [0.2, 0.25) is 0 Å². The highest BCUT2D eigenvalue weighted by molar-refractivity contribution is 4.79. The van der Waals surface area contributed by atoms with Crippen molar-refractivity contribution in [3.05, 3.63) is 0 Å². The van der Waals surface area contributed by atoms with E-state index in [2.05, 4.69) is 0 Å². The molecule has 6 heteroatoms. The standard InChI is InChI=1S/C6H14O6/c7-1-3(9)5(11)6(12)4(10)2-8/h3-12H,1-2H2/i1+1,3+1. The van der Waals surface area contributed by atoms with Crippen molar-refractivity contribution in [3.8, 4) is 0 Å². The second kappa shape index (κ2) is 5.41. The smallest absolute Gasteiger partial charge is 0.111 e. The molecule has 0 aliphatic carbocycles. The Hall–Kier alpha value is -0.240. The van der Waals surface area contributed by atoms with Crippen LogP contribution in [0.2, 0.25) is 0 Å². The summed E-state index contributed by atoms with van der Waals surface area (Å²) in [5, 5.41) is 52.2. The van der Waals surface area contributed by atoms with E-state index in [1.165, 1.54) is 0 Å². The third-order valence-electron chi connectivity index (χ3n) is 1.51. The highest BCUT2D eigenvalue weighted by atomic mass is 16.5. The van der Waals surface area contributed by atoms with E-state index in [1.54, 1.807) is 0 Å². The van der Waals surface area contributed by atoms with Gasteiger partial charge in [0.1, 0.15) is 24.4 Å². The van der Waals surface area contributed by atoms with E-state index >= 15 is 0 Å². The van der Waals surface area contributed by atoms with E-state index in [4.69, 9.17) is 30.6 Å². The molecule has 0 aliphatic rings. The van der Waals surface area contributed by atoms with E-state index in [0.29, 0.717) is 0 Å². The highest BCUT2D eigenvalue weighted by Gasteiger charge is 2.29. The molecule has 0 saturated heterocycles. The lowest BCUT2D eigenvalue weighted by Crippen LogP contribution is -2.46. The fourth-order valence-electron chi connectivity index (χ4n) is 0.671. The first-order valence-electron chi connectivity index (χ1n) is 3.48. The largest absolute Gasteiger partial charge is 0.394 e. The van der Waals surface area contributed by atoms with Gasteiger partial charge in [-0.2, -0.15) is 0 Å². The van der Waals surface area contributed by atoms with Crippen molar-refractivity contribution in [3.63, 3.8) is 0 Å². The first-order valence-corrected chi connectivity index (χ1v) is 3.48. The van der Waals surface area contributed by atoms with Crippen molar-refractivity contribution in [2.24, 2.45) is 0 Å². The normalized spacial score (nSPS) is 21.5. The Bertz CT molecular complexity index is 105. The number of hydrogen-bond acceptors (Lipinski definition) is 6. The van der Waals surface area contributed by atoms with Crippen molar-refractivity contribution < 1.29 is 30.6 Å². The van der Waals surface area contributed by atoms with Gasteiger partial charge in [0, 0.05) is 0 Å². The lowest BCUT2D eigenvalue weighted by Gasteiger charge is -2.24. The second-order valence-corrected chi connectivity index (χ2v) is 2.48. The summed E-state index contributed by atoms with van der Waals surface area (Å²) in [4.78, 5) is 0. The minimum absolute atomic E-state index is 0.726. The lowest BCUT2D eigenvalue weighted by atomic mass is 10.1. The summed E-state index contributed by atoms with van der Waals surface area (Å²) in [6.07, 6.45) is -6.39. The van der Waals surface area contributed by atoms with Crippen molar-refractivity contribution in [2.45, 2.75) is 24.4 Å². The molecular weight excluding hydrogens is 170 g/mol. The fourth-order valence-corrected chi connectivity index (χ4v) is 0.671.